The van der Waals surface area contributed by atoms with Crippen molar-refractivity contribution in [1.82, 2.24) is 19.9 Å². The van der Waals surface area contributed by atoms with Gasteiger partial charge in [0.2, 0.25) is 0 Å². The number of nitrogens with one attached hydrogen (secondary N) is 2. The Morgan fingerprint density at radius 2 is 2.29 bits per heavy atom. The van der Waals surface area contributed by atoms with E-state index in [0.717, 1.165) is 23.9 Å². The number of benzene rings is 1. The van der Waals surface area contributed by atoms with Crippen LogP contribution in [0.1, 0.15) is 23.2 Å². The topological polar surface area (TPSA) is 82.9 Å². The van der Waals surface area contributed by atoms with E-state index in [9.17, 15) is 9.90 Å². The number of carbonyl (C=O) groups is 1. The SMILES string of the molecule is O=C(N[C@@H]1CC(Cn2ccnc2)C[C@H]1O)c1cccc2[nH]ccc12. The van der Waals surface area contributed by atoms with Gasteiger partial charge in [0.05, 0.1) is 18.5 Å². The number of hydrogen-bond donors (Lipinski definition) is 3. The second-order valence-electron chi connectivity index (χ2n) is 6.49. The molecule has 1 saturated carbocycles. The number of aliphatic hydroxyl groups excluding tert-OH is 1. The van der Waals surface area contributed by atoms with Gasteiger partial charge in [-0.25, -0.2) is 4.98 Å². The van der Waals surface area contributed by atoms with E-state index in [0.29, 0.717) is 17.9 Å². The predicted octanol–water partition coefficient (Wildman–Crippen LogP) is 1.93. The van der Waals surface area contributed by atoms with Crippen LogP contribution in [0.15, 0.2) is 49.2 Å². The first kappa shape index (κ1) is 15.0. The van der Waals surface area contributed by atoms with Gasteiger partial charge in [0.15, 0.2) is 0 Å². The fourth-order valence-corrected chi connectivity index (χ4v) is 3.64. The van der Waals surface area contributed by atoms with Crippen molar-refractivity contribution in [2.24, 2.45) is 5.92 Å². The van der Waals surface area contributed by atoms with Gasteiger partial charge in [-0.15, -0.1) is 0 Å². The number of imidazole rings is 1. The number of rotatable bonds is 4. The molecule has 6 heteroatoms. The minimum absolute atomic E-state index is 0.132. The number of nitrogens with zero attached hydrogens (tertiary/aromatic N) is 2. The van der Waals surface area contributed by atoms with Gasteiger partial charge in [-0.3, -0.25) is 4.79 Å². The number of fused-ring (bicyclic) bond motifs is 1. The highest BCUT2D eigenvalue weighted by atomic mass is 16.3. The Morgan fingerprint density at radius 3 is 3.12 bits per heavy atom. The molecule has 1 fully saturated rings. The fraction of sp³-hybridized carbons (Fsp3) is 0.333. The molecule has 0 radical (unpaired) electrons. The summed E-state index contributed by atoms with van der Waals surface area (Å²) in [5.74, 6) is 0.204. The van der Waals surface area contributed by atoms with Crippen molar-refractivity contribution in [2.45, 2.75) is 31.5 Å². The fourth-order valence-electron chi connectivity index (χ4n) is 3.64. The zero-order valence-electron chi connectivity index (χ0n) is 13.2. The summed E-state index contributed by atoms with van der Waals surface area (Å²) in [6.45, 7) is 0.816. The Balaban J connectivity index is 1.45. The van der Waals surface area contributed by atoms with Crippen LogP contribution in [0.5, 0.6) is 0 Å². The molecule has 1 unspecified atom stereocenters. The summed E-state index contributed by atoms with van der Waals surface area (Å²) in [5, 5.41) is 14.2. The third-order valence-corrected chi connectivity index (χ3v) is 4.81. The molecule has 24 heavy (non-hydrogen) atoms. The summed E-state index contributed by atoms with van der Waals surface area (Å²) < 4.78 is 2.02. The molecule has 4 rings (SSSR count). The average Bonchev–Trinajstić information content (AvgIpc) is 3.29. The van der Waals surface area contributed by atoms with Crippen LogP contribution >= 0.6 is 0 Å². The van der Waals surface area contributed by atoms with Crippen LogP contribution in [0.2, 0.25) is 0 Å². The number of aromatic amines is 1. The molecule has 124 valence electrons. The first-order valence-electron chi connectivity index (χ1n) is 8.21. The van der Waals surface area contributed by atoms with Crippen LogP contribution in [-0.2, 0) is 6.54 Å². The number of hydrogen-bond acceptors (Lipinski definition) is 3. The highest BCUT2D eigenvalue weighted by molar-refractivity contribution is 6.06. The van der Waals surface area contributed by atoms with Crippen LogP contribution in [0, 0.1) is 5.92 Å². The molecular weight excluding hydrogens is 304 g/mol. The van der Waals surface area contributed by atoms with E-state index in [-0.39, 0.29) is 11.9 Å². The molecule has 1 aliphatic rings. The lowest BCUT2D eigenvalue weighted by molar-refractivity contribution is 0.0874. The Morgan fingerprint density at radius 1 is 1.38 bits per heavy atom. The molecule has 3 atom stereocenters. The lowest BCUT2D eigenvalue weighted by Crippen LogP contribution is -2.40. The second-order valence-corrected chi connectivity index (χ2v) is 6.49. The van der Waals surface area contributed by atoms with Gasteiger partial charge in [0.25, 0.3) is 5.91 Å². The quantitative estimate of drug-likeness (QED) is 0.686. The summed E-state index contributed by atoms with van der Waals surface area (Å²) in [4.78, 5) is 19.8. The third kappa shape index (κ3) is 2.80. The Labute approximate surface area is 139 Å². The molecule has 0 aliphatic heterocycles. The number of carbonyl (C=O) groups excluding carboxylic acids is 1. The largest absolute Gasteiger partial charge is 0.391 e. The molecule has 2 heterocycles. The van der Waals surface area contributed by atoms with Crippen molar-refractivity contribution >= 4 is 16.8 Å². The summed E-state index contributed by atoms with van der Waals surface area (Å²) >= 11 is 0. The van der Waals surface area contributed by atoms with Gasteiger partial charge in [-0.2, -0.15) is 0 Å². The maximum absolute atomic E-state index is 12.6. The zero-order chi connectivity index (χ0) is 16.5. The molecule has 1 aromatic carbocycles. The maximum atomic E-state index is 12.6. The zero-order valence-corrected chi connectivity index (χ0v) is 13.2. The lowest BCUT2D eigenvalue weighted by Gasteiger charge is -2.17. The molecule has 3 N–H and O–H groups in total. The Hall–Kier alpha value is -2.60. The molecule has 0 spiro atoms. The van der Waals surface area contributed by atoms with Gasteiger partial charge >= 0.3 is 0 Å². The average molecular weight is 324 g/mol. The second kappa shape index (κ2) is 6.13. The molecule has 0 bridgehead atoms. The van der Waals surface area contributed by atoms with Crippen LogP contribution in [-0.4, -0.2) is 37.7 Å². The Kier molecular flexibility index (Phi) is 3.82. The van der Waals surface area contributed by atoms with Crippen molar-refractivity contribution in [3.63, 3.8) is 0 Å². The molecule has 2 aromatic heterocycles. The van der Waals surface area contributed by atoms with Gasteiger partial charge in [0, 0.05) is 41.6 Å². The third-order valence-electron chi connectivity index (χ3n) is 4.81. The van der Waals surface area contributed by atoms with Gasteiger partial charge in [0.1, 0.15) is 0 Å². The van der Waals surface area contributed by atoms with Crippen LogP contribution in [0.3, 0.4) is 0 Å². The van der Waals surface area contributed by atoms with Gasteiger partial charge in [-0.05, 0) is 37.0 Å². The highest BCUT2D eigenvalue weighted by Crippen LogP contribution is 2.28. The van der Waals surface area contributed by atoms with Crippen LogP contribution < -0.4 is 5.32 Å². The number of aliphatic hydroxyl groups is 1. The van der Waals surface area contributed by atoms with E-state index in [1.54, 1.807) is 12.5 Å². The van der Waals surface area contributed by atoms with E-state index >= 15 is 0 Å². The molecule has 1 aliphatic carbocycles. The predicted molar refractivity (Wildman–Crippen MR) is 90.5 cm³/mol. The first-order chi connectivity index (χ1) is 11.7. The van der Waals surface area contributed by atoms with E-state index in [1.807, 2.05) is 41.2 Å². The highest BCUT2D eigenvalue weighted by Gasteiger charge is 2.34. The standard InChI is InChI=1S/C18H20N4O2/c23-17-9-12(10-22-7-6-19-11-22)8-16(17)21-18(24)14-2-1-3-15-13(14)4-5-20-15/h1-7,11-12,16-17,20,23H,8-10H2,(H,21,24)/t12?,16-,17-/m1/s1. The van der Waals surface area contributed by atoms with Crippen LogP contribution in [0.25, 0.3) is 10.9 Å². The molecule has 3 aromatic rings. The van der Waals surface area contributed by atoms with Crippen molar-refractivity contribution < 1.29 is 9.90 Å². The van der Waals surface area contributed by atoms with E-state index in [1.165, 1.54) is 0 Å². The van der Waals surface area contributed by atoms with E-state index in [2.05, 4.69) is 15.3 Å². The van der Waals surface area contributed by atoms with Crippen molar-refractivity contribution in [3.05, 3.63) is 54.7 Å². The first-order valence-corrected chi connectivity index (χ1v) is 8.21. The van der Waals surface area contributed by atoms with E-state index < -0.39 is 6.10 Å². The molecule has 0 saturated heterocycles. The van der Waals surface area contributed by atoms with Crippen molar-refractivity contribution in [3.8, 4) is 0 Å². The molecular formula is C18H20N4O2. The van der Waals surface area contributed by atoms with Gasteiger partial charge in [-0.1, -0.05) is 6.07 Å². The van der Waals surface area contributed by atoms with Crippen molar-refractivity contribution in [1.29, 1.82) is 0 Å². The number of aromatic nitrogens is 3. The molecule has 1 amide bonds. The monoisotopic (exact) mass is 324 g/mol. The minimum atomic E-state index is -0.507. The Bertz CT molecular complexity index is 840. The summed E-state index contributed by atoms with van der Waals surface area (Å²) in [5.41, 5.74) is 1.58. The smallest absolute Gasteiger partial charge is 0.252 e. The normalized spacial score (nSPS) is 23.6. The lowest BCUT2D eigenvalue weighted by atomic mass is 10.1. The number of amides is 1. The van der Waals surface area contributed by atoms with Crippen LogP contribution in [0.4, 0.5) is 0 Å². The van der Waals surface area contributed by atoms with E-state index in [4.69, 9.17) is 0 Å². The number of H-pyrrole nitrogens is 1. The summed E-state index contributed by atoms with van der Waals surface area (Å²) in [7, 11) is 0. The minimum Gasteiger partial charge on any atom is -0.391 e. The van der Waals surface area contributed by atoms with Crippen molar-refractivity contribution in [2.75, 3.05) is 0 Å². The molecule has 6 nitrogen and oxygen atoms in total. The summed E-state index contributed by atoms with van der Waals surface area (Å²) in [6, 6.07) is 7.31. The maximum Gasteiger partial charge on any atom is 0.252 e. The summed E-state index contributed by atoms with van der Waals surface area (Å²) in [6.07, 6.45) is 8.24. The van der Waals surface area contributed by atoms with Gasteiger partial charge < -0.3 is 20.0 Å².